The molecule has 0 atom stereocenters. The third kappa shape index (κ3) is 3.85. The first-order valence-corrected chi connectivity index (χ1v) is 6.18. The Morgan fingerprint density at radius 1 is 0.947 bits per heavy atom. The molecule has 98 valence electrons. The van der Waals surface area contributed by atoms with Gasteiger partial charge in [-0.2, -0.15) is 0 Å². The summed E-state index contributed by atoms with van der Waals surface area (Å²) in [4.78, 5) is 0. The molecule has 0 bridgehead atoms. The summed E-state index contributed by atoms with van der Waals surface area (Å²) in [6.45, 7) is 0. The van der Waals surface area contributed by atoms with E-state index < -0.39 is 0 Å². The predicted octanol–water partition coefficient (Wildman–Crippen LogP) is 3.31. The summed E-state index contributed by atoms with van der Waals surface area (Å²) < 4.78 is 5.12. The normalized spacial score (nSPS) is 11.3. The lowest BCUT2D eigenvalue weighted by molar-refractivity contribution is 0.317. The molecule has 0 spiro atoms. The Hall–Kier alpha value is -2.29. The Balaban J connectivity index is 2.03. The minimum atomic E-state index is 0.634. The van der Waals surface area contributed by atoms with Gasteiger partial charge in [-0.05, 0) is 23.3 Å². The summed E-state index contributed by atoms with van der Waals surface area (Å²) in [6.07, 6.45) is 1.29. The van der Waals surface area contributed by atoms with E-state index in [1.807, 2.05) is 54.6 Å². The highest BCUT2D eigenvalue weighted by Crippen LogP contribution is 2.13. The average molecular weight is 255 g/mol. The highest BCUT2D eigenvalue weighted by Gasteiger charge is 2.04. The minimum Gasteiger partial charge on any atom is -0.497 e. The number of nitrogens with zero attached hydrogens (tertiary/aromatic N) is 1. The van der Waals surface area contributed by atoms with Gasteiger partial charge in [-0.25, -0.2) is 0 Å². The molecule has 19 heavy (non-hydrogen) atoms. The third-order valence-corrected chi connectivity index (χ3v) is 2.96. The van der Waals surface area contributed by atoms with Crippen molar-refractivity contribution in [3.05, 3.63) is 65.7 Å². The van der Waals surface area contributed by atoms with E-state index in [1.165, 1.54) is 0 Å². The maximum atomic E-state index is 9.11. The van der Waals surface area contributed by atoms with Crippen LogP contribution < -0.4 is 4.74 Å². The van der Waals surface area contributed by atoms with Crippen molar-refractivity contribution in [3.63, 3.8) is 0 Å². The summed E-state index contributed by atoms with van der Waals surface area (Å²) in [5.41, 5.74) is 2.99. The summed E-state index contributed by atoms with van der Waals surface area (Å²) in [6, 6.07) is 17.8. The van der Waals surface area contributed by atoms with Crippen molar-refractivity contribution >= 4 is 5.71 Å². The number of rotatable bonds is 5. The standard InChI is InChI=1S/C16H17NO2/c1-19-16-9-7-14(8-10-16)12-15(17-18)11-13-5-3-2-4-6-13/h2-10,18H,11-12H2,1H3. The molecular weight excluding hydrogens is 238 g/mol. The van der Waals surface area contributed by atoms with Crippen molar-refractivity contribution in [1.82, 2.24) is 0 Å². The first-order chi connectivity index (χ1) is 9.31. The van der Waals surface area contributed by atoms with Crippen LogP contribution in [0.15, 0.2) is 59.8 Å². The lowest BCUT2D eigenvalue weighted by Crippen LogP contribution is -2.07. The molecular formula is C16H17NO2. The van der Waals surface area contributed by atoms with Crippen LogP contribution in [0.4, 0.5) is 0 Å². The minimum absolute atomic E-state index is 0.634. The van der Waals surface area contributed by atoms with E-state index >= 15 is 0 Å². The van der Waals surface area contributed by atoms with E-state index in [9.17, 15) is 0 Å². The third-order valence-electron chi connectivity index (χ3n) is 2.96. The van der Waals surface area contributed by atoms with E-state index in [0.29, 0.717) is 12.8 Å². The van der Waals surface area contributed by atoms with Gasteiger partial charge in [-0.1, -0.05) is 47.6 Å². The number of benzene rings is 2. The van der Waals surface area contributed by atoms with Crippen LogP contribution >= 0.6 is 0 Å². The van der Waals surface area contributed by atoms with Gasteiger partial charge in [0.1, 0.15) is 5.75 Å². The number of ether oxygens (including phenoxy) is 1. The van der Waals surface area contributed by atoms with Crippen molar-refractivity contribution in [1.29, 1.82) is 0 Å². The van der Waals surface area contributed by atoms with Gasteiger partial charge < -0.3 is 9.94 Å². The zero-order valence-electron chi connectivity index (χ0n) is 10.9. The van der Waals surface area contributed by atoms with Gasteiger partial charge in [-0.15, -0.1) is 0 Å². The predicted molar refractivity (Wildman–Crippen MR) is 76.1 cm³/mol. The van der Waals surface area contributed by atoms with Crippen molar-refractivity contribution < 1.29 is 9.94 Å². The Kier molecular flexibility index (Phi) is 4.56. The lowest BCUT2D eigenvalue weighted by Gasteiger charge is -2.06. The Morgan fingerprint density at radius 2 is 1.53 bits per heavy atom. The van der Waals surface area contributed by atoms with E-state index in [1.54, 1.807) is 7.11 Å². The Labute approximate surface area is 113 Å². The fourth-order valence-electron chi connectivity index (χ4n) is 1.94. The van der Waals surface area contributed by atoms with Gasteiger partial charge in [-0.3, -0.25) is 0 Å². The highest BCUT2D eigenvalue weighted by atomic mass is 16.5. The van der Waals surface area contributed by atoms with Gasteiger partial charge in [0.15, 0.2) is 0 Å². The van der Waals surface area contributed by atoms with E-state index in [4.69, 9.17) is 9.94 Å². The number of hydrogen-bond donors (Lipinski definition) is 1. The maximum Gasteiger partial charge on any atom is 0.118 e. The molecule has 0 aromatic heterocycles. The fourth-order valence-corrected chi connectivity index (χ4v) is 1.94. The van der Waals surface area contributed by atoms with Gasteiger partial charge >= 0.3 is 0 Å². The summed E-state index contributed by atoms with van der Waals surface area (Å²) in [5, 5.41) is 12.5. The second kappa shape index (κ2) is 6.59. The molecule has 0 aliphatic rings. The molecule has 0 aliphatic heterocycles. The van der Waals surface area contributed by atoms with E-state index in [2.05, 4.69) is 5.16 Å². The molecule has 0 saturated carbocycles. The van der Waals surface area contributed by atoms with Crippen molar-refractivity contribution in [2.45, 2.75) is 12.8 Å². The summed E-state index contributed by atoms with van der Waals surface area (Å²) in [5.74, 6) is 0.828. The molecule has 2 rings (SSSR count). The van der Waals surface area contributed by atoms with Gasteiger partial charge in [0.2, 0.25) is 0 Å². The second-order valence-corrected chi connectivity index (χ2v) is 4.35. The molecule has 0 saturated heterocycles. The van der Waals surface area contributed by atoms with Crippen LogP contribution in [0.1, 0.15) is 11.1 Å². The van der Waals surface area contributed by atoms with Crippen LogP contribution in [0.5, 0.6) is 5.75 Å². The smallest absolute Gasteiger partial charge is 0.118 e. The van der Waals surface area contributed by atoms with E-state index in [-0.39, 0.29) is 0 Å². The lowest BCUT2D eigenvalue weighted by atomic mass is 10.0. The number of hydrogen-bond acceptors (Lipinski definition) is 3. The van der Waals surface area contributed by atoms with Crippen LogP contribution in [-0.4, -0.2) is 18.0 Å². The van der Waals surface area contributed by atoms with Gasteiger partial charge in [0.05, 0.1) is 12.8 Å². The van der Waals surface area contributed by atoms with Crippen LogP contribution in [0.3, 0.4) is 0 Å². The van der Waals surface area contributed by atoms with Crippen LogP contribution in [-0.2, 0) is 12.8 Å². The SMILES string of the molecule is COc1ccc(CC(Cc2ccccc2)=NO)cc1. The van der Waals surface area contributed by atoms with Gasteiger partial charge in [0, 0.05) is 12.8 Å². The molecule has 0 aliphatic carbocycles. The van der Waals surface area contributed by atoms with Gasteiger partial charge in [0.25, 0.3) is 0 Å². The fraction of sp³-hybridized carbons (Fsp3) is 0.188. The van der Waals surface area contributed by atoms with Crippen LogP contribution in [0, 0.1) is 0 Å². The summed E-state index contributed by atoms with van der Waals surface area (Å²) >= 11 is 0. The first kappa shape index (κ1) is 13.1. The van der Waals surface area contributed by atoms with Crippen molar-refractivity contribution in [3.8, 4) is 5.75 Å². The average Bonchev–Trinajstić information content (AvgIpc) is 2.48. The van der Waals surface area contributed by atoms with Crippen molar-refractivity contribution in [2.75, 3.05) is 7.11 Å². The summed E-state index contributed by atoms with van der Waals surface area (Å²) in [7, 11) is 1.64. The quantitative estimate of drug-likeness (QED) is 0.506. The molecule has 2 aromatic rings. The molecule has 3 heteroatoms. The Bertz CT molecular complexity index is 532. The molecule has 0 fully saturated rings. The van der Waals surface area contributed by atoms with Crippen LogP contribution in [0.25, 0.3) is 0 Å². The first-order valence-electron chi connectivity index (χ1n) is 6.18. The molecule has 1 N–H and O–H groups in total. The van der Waals surface area contributed by atoms with Crippen LogP contribution in [0.2, 0.25) is 0 Å². The molecule has 3 nitrogen and oxygen atoms in total. The monoisotopic (exact) mass is 255 g/mol. The zero-order valence-corrected chi connectivity index (χ0v) is 10.9. The largest absolute Gasteiger partial charge is 0.497 e. The number of oxime groups is 1. The molecule has 0 amide bonds. The number of methoxy groups -OCH3 is 1. The van der Waals surface area contributed by atoms with Crippen molar-refractivity contribution in [2.24, 2.45) is 5.16 Å². The topological polar surface area (TPSA) is 41.8 Å². The molecule has 0 radical (unpaired) electrons. The zero-order chi connectivity index (χ0) is 13.5. The maximum absolute atomic E-state index is 9.11. The second-order valence-electron chi connectivity index (χ2n) is 4.35. The highest BCUT2D eigenvalue weighted by molar-refractivity contribution is 5.88. The molecule has 0 unspecified atom stereocenters. The molecule has 2 aromatic carbocycles. The Morgan fingerprint density at radius 3 is 2.05 bits per heavy atom. The molecule has 0 heterocycles. The van der Waals surface area contributed by atoms with E-state index in [0.717, 1.165) is 22.6 Å².